The van der Waals surface area contributed by atoms with E-state index in [-0.39, 0.29) is 4.91 Å². The Labute approximate surface area is 125 Å². The molecule has 3 rings (SSSR count). The highest BCUT2D eigenvalue weighted by Crippen LogP contribution is 2.37. The van der Waals surface area contributed by atoms with Gasteiger partial charge < -0.3 is 5.32 Å². The van der Waals surface area contributed by atoms with Gasteiger partial charge >= 0.3 is 0 Å². The molecule has 1 aliphatic rings. The molecule has 2 aromatic rings. The Morgan fingerprint density at radius 1 is 1.33 bits per heavy atom. The maximum atomic E-state index is 12.4. The summed E-state index contributed by atoms with van der Waals surface area (Å²) in [5.41, 5.74) is 0.417. The number of pyridine rings is 1. The molecule has 0 amide bonds. The number of hydrogen-bond donors (Lipinski definition) is 1. The number of rotatable bonds is 2. The molecule has 0 atom stereocenters. The molecule has 0 aromatic carbocycles. The summed E-state index contributed by atoms with van der Waals surface area (Å²) in [6.45, 7) is 0. The quantitative estimate of drug-likeness (QED) is 0.857. The number of Topliss-reactive ketones (excluding diaryl/α,β-unsaturated/α-hetero) is 1. The lowest BCUT2D eigenvalue weighted by atomic mass is 10.2. The number of thiophene rings is 1. The number of aromatic nitrogens is 1. The highest BCUT2D eigenvalue weighted by Gasteiger charge is 2.39. The molecule has 8 heteroatoms. The molecular formula is C13H11N3O3S2. The van der Waals surface area contributed by atoms with Gasteiger partial charge in [-0.2, -0.15) is 0 Å². The summed E-state index contributed by atoms with van der Waals surface area (Å²) in [5, 5.41) is 4.45. The van der Waals surface area contributed by atoms with Crippen LogP contribution in [0.5, 0.6) is 0 Å². The predicted molar refractivity (Wildman–Crippen MR) is 81.9 cm³/mol. The van der Waals surface area contributed by atoms with E-state index in [0.717, 1.165) is 4.31 Å². The fraction of sp³-hybridized carbons (Fsp3) is 0.0769. The van der Waals surface area contributed by atoms with Crippen LogP contribution in [0.15, 0.2) is 46.9 Å². The molecule has 2 aromatic heterocycles. The van der Waals surface area contributed by atoms with Crippen LogP contribution in [0.1, 0.15) is 9.67 Å². The lowest BCUT2D eigenvalue weighted by Crippen LogP contribution is -2.35. The van der Waals surface area contributed by atoms with Crippen molar-refractivity contribution in [2.75, 3.05) is 16.7 Å². The van der Waals surface area contributed by atoms with Crippen molar-refractivity contribution >= 4 is 38.6 Å². The lowest BCUT2D eigenvalue weighted by molar-refractivity contribution is 0.104. The summed E-state index contributed by atoms with van der Waals surface area (Å²) in [5.74, 6) is -0.0332. The van der Waals surface area contributed by atoms with E-state index in [4.69, 9.17) is 0 Å². The van der Waals surface area contributed by atoms with Gasteiger partial charge in [0.2, 0.25) is 5.78 Å². The Kier molecular flexibility index (Phi) is 3.26. The van der Waals surface area contributed by atoms with Crippen LogP contribution in [-0.4, -0.2) is 26.2 Å². The first-order valence-corrected chi connectivity index (χ1v) is 8.32. The van der Waals surface area contributed by atoms with E-state index in [1.54, 1.807) is 35.8 Å². The molecule has 6 nitrogen and oxygen atoms in total. The molecule has 108 valence electrons. The Bertz CT molecular complexity index is 825. The summed E-state index contributed by atoms with van der Waals surface area (Å²) in [4.78, 5) is 16.5. The second-order valence-electron chi connectivity index (χ2n) is 4.30. The topological polar surface area (TPSA) is 79.4 Å². The van der Waals surface area contributed by atoms with Crippen LogP contribution in [0.25, 0.3) is 0 Å². The molecule has 1 aliphatic heterocycles. The SMILES string of the molecule is CN1c2ccsc2C(=O)C(=CNc2ccccn2)S1(=O)=O. The molecule has 0 saturated heterocycles. The van der Waals surface area contributed by atoms with Crippen molar-refractivity contribution in [1.82, 2.24) is 4.98 Å². The monoisotopic (exact) mass is 321 g/mol. The Morgan fingerprint density at radius 2 is 2.14 bits per heavy atom. The number of sulfonamides is 1. The number of allylic oxidation sites excluding steroid dienone is 1. The van der Waals surface area contributed by atoms with Crippen LogP contribution < -0.4 is 9.62 Å². The Hall–Kier alpha value is -2.19. The van der Waals surface area contributed by atoms with E-state index in [0.29, 0.717) is 16.4 Å². The van der Waals surface area contributed by atoms with Crippen LogP contribution in [0.3, 0.4) is 0 Å². The molecule has 0 unspecified atom stereocenters. The average molecular weight is 321 g/mol. The number of nitrogens with one attached hydrogen (secondary N) is 1. The Balaban J connectivity index is 2.04. The largest absolute Gasteiger partial charge is 0.345 e. The van der Waals surface area contributed by atoms with Crippen molar-refractivity contribution in [3.8, 4) is 0 Å². The van der Waals surface area contributed by atoms with Gasteiger partial charge in [0.25, 0.3) is 10.0 Å². The second-order valence-corrected chi connectivity index (χ2v) is 7.16. The van der Waals surface area contributed by atoms with E-state index in [1.165, 1.54) is 24.6 Å². The summed E-state index contributed by atoms with van der Waals surface area (Å²) in [6, 6.07) is 6.80. The van der Waals surface area contributed by atoms with Crippen LogP contribution in [-0.2, 0) is 10.0 Å². The first-order chi connectivity index (χ1) is 10.0. The normalized spacial score (nSPS) is 18.6. The maximum Gasteiger partial charge on any atom is 0.269 e. The summed E-state index contributed by atoms with van der Waals surface area (Å²) < 4.78 is 25.9. The average Bonchev–Trinajstić information content (AvgIpc) is 2.95. The van der Waals surface area contributed by atoms with Crippen molar-refractivity contribution in [3.63, 3.8) is 0 Å². The zero-order chi connectivity index (χ0) is 15.0. The van der Waals surface area contributed by atoms with Crippen LogP contribution >= 0.6 is 11.3 Å². The third kappa shape index (κ3) is 2.22. The fourth-order valence-electron chi connectivity index (χ4n) is 1.95. The van der Waals surface area contributed by atoms with Crippen molar-refractivity contribution in [2.45, 2.75) is 0 Å². The van der Waals surface area contributed by atoms with E-state index in [1.807, 2.05) is 0 Å². The molecular weight excluding hydrogens is 310 g/mol. The van der Waals surface area contributed by atoms with Crippen molar-refractivity contribution in [3.05, 3.63) is 51.8 Å². The predicted octanol–water partition coefficient (Wildman–Crippen LogP) is 2.06. The lowest BCUT2D eigenvalue weighted by Gasteiger charge is -2.25. The minimum atomic E-state index is -3.84. The highest BCUT2D eigenvalue weighted by molar-refractivity contribution is 7.97. The summed E-state index contributed by atoms with van der Waals surface area (Å²) in [6.07, 6.45) is 2.76. The first kappa shape index (κ1) is 13.8. The van der Waals surface area contributed by atoms with E-state index in [2.05, 4.69) is 10.3 Å². The second kappa shape index (κ2) is 4.97. The maximum absolute atomic E-state index is 12.4. The summed E-state index contributed by atoms with van der Waals surface area (Å²) >= 11 is 1.22. The fourth-order valence-corrected chi connectivity index (χ4v) is 4.20. The molecule has 0 saturated carbocycles. The van der Waals surface area contributed by atoms with Gasteiger partial charge in [0.1, 0.15) is 10.7 Å². The van der Waals surface area contributed by atoms with E-state index >= 15 is 0 Å². The molecule has 0 radical (unpaired) electrons. The molecule has 3 heterocycles. The van der Waals surface area contributed by atoms with Gasteiger partial charge in [-0.1, -0.05) is 6.07 Å². The highest BCUT2D eigenvalue weighted by atomic mass is 32.2. The first-order valence-electron chi connectivity index (χ1n) is 6.00. The number of carbonyl (C=O) groups excluding carboxylic acids is 1. The van der Waals surface area contributed by atoms with Crippen molar-refractivity contribution in [2.24, 2.45) is 0 Å². The molecule has 0 aliphatic carbocycles. The zero-order valence-corrected chi connectivity index (χ0v) is 12.6. The van der Waals surface area contributed by atoms with Gasteiger partial charge in [-0.15, -0.1) is 11.3 Å². The zero-order valence-electron chi connectivity index (χ0n) is 11.0. The van der Waals surface area contributed by atoms with Crippen LogP contribution in [0.2, 0.25) is 0 Å². The minimum absolute atomic E-state index is 0.286. The minimum Gasteiger partial charge on any atom is -0.345 e. The van der Waals surface area contributed by atoms with Gasteiger partial charge in [0.05, 0.1) is 5.69 Å². The van der Waals surface area contributed by atoms with Crippen molar-refractivity contribution in [1.29, 1.82) is 0 Å². The Morgan fingerprint density at radius 3 is 2.86 bits per heavy atom. The molecule has 21 heavy (non-hydrogen) atoms. The molecule has 1 N–H and O–H groups in total. The van der Waals surface area contributed by atoms with Gasteiger partial charge in [-0.25, -0.2) is 13.4 Å². The van der Waals surface area contributed by atoms with Gasteiger partial charge in [0.15, 0.2) is 4.91 Å². The molecule has 0 bridgehead atoms. The van der Waals surface area contributed by atoms with Gasteiger partial charge in [-0.3, -0.25) is 9.10 Å². The number of nitrogens with zero attached hydrogens (tertiary/aromatic N) is 2. The van der Waals surface area contributed by atoms with Crippen LogP contribution in [0, 0.1) is 0 Å². The number of fused-ring (bicyclic) bond motifs is 1. The van der Waals surface area contributed by atoms with E-state index in [9.17, 15) is 13.2 Å². The van der Waals surface area contributed by atoms with Crippen molar-refractivity contribution < 1.29 is 13.2 Å². The molecule has 0 fully saturated rings. The standard InChI is InChI=1S/C13H11N3O3S2/c1-16-9-5-7-20-13(9)12(17)10(21(16,18)19)8-15-11-4-2-3-6-14-11/h2-8H,1H3,(H,14,15). The number of anilines is 2. The van der Waals surface area contributed by atoms with Crippen LogP contribution in [0.4, 0.5) is 11.5 Å². The molecule has 0 spiro atoms. The number of carbonyl (C=O) groups is 1. The third-order valence-electron chi connectivity index (χ3n) is 3.07. The number of hydrogen-bond acceptors (Lipinski definition) is 6. The van der Waals surface area contributed by atoms with E-state index < -0.39 is 15.8 Å². The van der Waals surface area contributed by atoms with Gasteiger partial charge in [0, 0.05) is 19.4 Å². The summed E-state index contributed by atoms with van der Waals surface area (Å²) in [7, 11) is -2.41. The number of ketones is 1. The van der Waals surface area contributed by atoms with Gasteiger partial charge in [-0.05, 0) is 23.6 Å². The third-order valence-corrected chi connectivity index (χ3v) is 5.75. The smallest absolute Gasteiger partial charge is 0.269 e.